The van der Waals surface area contributed by atoms with E-state index < -0.39 is 27.8 Å². The van der Waals surface area contributed by atoms with Crippen LogP contribution in [0.15, 0.2) is 22.6 Å². The Hall–Kier alpha value is -0.720. The molecule has 0 spiro atoms. The minimum atomic E-state index is -4.48. The van der Waals surface area contributed by atoms with Crippen LogP contribution in [0.5, 0.6) is 0 Å². The number of halogens is 4. The first-order valence-electron chi connectivity index (χ1n) is 5.34. The third kappa shape index (κ3) is 5.04. The lowest BCUT2D eigenvalue weighted by molar-refractivity contribution is -0.137. The van der Waals surface area contributed by atoms with E-state index in [1.54, 1.807) is 20.8 Å². The first kappa shape index (κ1) is 16.3. The Labute approximate surface area is 118 Å². The molecule has 1 aromatic carbocycles. The largest absolute Gasteiger partial charge is 0.591 e. The summed E-state index contributed by atoms with van der Waals surface area (Å²) in [5, 5.41) is -0.0437. The molecule has 1 unspecified atom stereocenters. The van der Waals surface area contributed by atoms with E-state index in [1.807, 2.05) is 0 Å². The normalized spacial score (nSPS) is 14.9. The van der Waals surface area contributed by atoms with Gasteiger partial charge in [-0.1, -0.05) is 16.0 Å². The summed E-state index contributed by atoms with van der Waals surface area (Å²) >= 11 is 4.10. The maximum Gasteiger partial charge on any atom is 0.416 e. The van der Waals surface area contributed by atoms with Gasteiger partial charge in [-0.15, -0.1) is 0 Å². The first-order valence-corrected chi connectivity index (χ1v) is 6.82. The van der Waals surface area contributed by atoms with Gasteiger partial charge in [0.15, 0.2) is 0 Å². The smallest absolute Gasteiger partial charge is 0.416 e. The number of rotatable bonds is 2. The van der Waals surface area contributed by atoms with Crippen LogP contribution in [0, 0.1) is 0 Å². The molecule has 0 N–H and O–H groups in total. The summed E-state index contributed by atoms with van der Waals surface area (Å²) in [5.41, 5.74) is -0.694. The highest BCUT2D eigenvalue weighted by atomic mass is 35.5. The second kappa shape index (κ2) is 5.73. The van der Waals surface area contributed by atoms with Crippen LogP contribution in [0.4, 0.5) is 13.2 Å². The fourth-order valence-corrected chi connectivity index (χ4v) is 1.89. The van der Waals surface area contributed by atoms with E-state index in [-0.39, 0.29) is 10.6 Å². The third-order valence-corrected chi connectivity index (χ3v) is 3.63. The molecule has 0 radical (unpaired) electrons. The number of hydrogen-bond acceptors (Lipinski definition) is 2. The van der Waals surface area contributed by atoms with Gasteiger partial charge in [-0.05, 0) is 44.5 Å². The van der Waals surface area contributed by atoms with Crippen LogP contribution < -0.4 is 0 Å². The van der Waals surface area contributed by atoms with E-state index in [1.165, 1.54) is 6.07 Å². The third-order valence-electron chi connectivity index (χ3n) is 2.07. The van der Waals surface area contributed by atoms with Crippen molar-refractivity contribution in [3.63, 3.8) is 0 Å². The van der Waals surface area contributed by atoms with Crippen LogP contribution in [0.2, 0.25) is 5.02 Å². The van der Waals surface area contributed by atoms with E-state index in [2.05, 4.69) is 4.40 Å². The molecule has 0 fully saturated rings. The molecule has 19 heavy (non-hydrogen) atoms. The lowest BCUT2D eigenvalue weighted by Crippen LogP contribution is -2.25. The van der Waals surface area contributed by atoms with Crippen LogP contribution >= 0.6 is 11.6 Å². The molecule has 0 heterocycles. The predicted molar refractivity (Wildman–Crippen MR) is 71.9 cm³/mol. The Morgan fingerprint density at radius 1 is 1.21 bits per heavy atom. The summed E-state index contributed by atoms with van der Waals surface area (Å²) in [5.74, 6) is 0. The van der Waals surface area contributed by atoms with Gasteiger partial charge in [-0.25, -0.2) is 0 Å². The Bertz CT molecular complexity index is 483. The van der Waals surface area contributed by atoms with Gasteiger partial charge in [-0.3, -0.25) is 0 Å². The van der Waals surface area contributed by atoms with Gasteiger partial charge in [0.1, 0.15) is 16.1 Å². The van der Waals surface area contributed by atoms with Gasteiger partial charge in [0.2, 0.25) is 0 Å². The fraction of sp³-hybridized carbons (Fsp3) is 0.417. The van der Waals surface area contributed by atoms with Gasteiger partial charge in [0.05, 0.1) is 11.8 Å². The van der Waals surface area contributed by atoms with Gasteiger partial charge >= 0.3 is 6.18 Å². The molecule has 0 saturated heterocycles. The topological polar surface area (TPSA) is 35.4 Å². The Kier molecular flexibility index (Phi) is 4.92. The van der Waals surface area contributed by atoms with Crippen molar-refractivity contribution in [2.75, 3.05) is 0 Å². The van der Waals surface area contributed by atoms with Crippen LogP contribution in [-0.2, 0) is 17.5 Å². The van der Waals surface area contributed by atoms with Crippen molar-refractivity contribution >= 4 is 29.2 Å². The number of hydrogen-bond donors (Lipinski definition) is 0. The summed E-state index contributed by atoms with van der Waals surface area (Å²) < 4.78 is 52.6. The van der Waals surface area contributed by atoms with Crippen molar-refractivity contribution in [3.05, 3.63) is 34.3 Å². The standard InChI is InChI=1S/C12H13ClF3NOS/c1-11(2,3)19(18)17-7-8-4-9(12(14,15)16)6-10(13)5-8/h4-7H,1-3H3. The zero-order valence-corrected chi connectivity index (χ0v) is 12.2. The zero-order valence-electron chi connectivity index (χ0n) is 10.6. The SMILES string of the molecule is CC(C)(C)[S+]([O-])N=Cc1cc(Cl)cc(C(F)(F)F)c1. The minimum absolute atomic E-state index is 0.0437. The Balaban J connectivity index is 3.03. The maximum atomic E-state index is 12.6. The number of nitrogens with zero attached hydrogens (tertiary/aromatic N) is 1. The minimum Gasteiger partial charge on any atom is -0.591 e. The quantitative estimate of drug-likeness (QED) is 0.594. The number of alkyl halides is 3. The van der Waals surface area contributed by atoms with Crippen molar-refractivity contribution in [2.45, 2.75) is 31.7 Å². The van der Waals surface area contributed by atoms with E-state index in [4.69, 9.17) is 11.6 Å². The first-order chi connectivity index (χ1) is 8.50. The maximum absolute atomic E-state index is 12.6. The van der Waals surface area contributed by atoms with E-state index in [9.17, 15) is 17.7 Å². The van der Waals surface area contributed by atoms with Crippen LogP contribution in [0.3, 0.4) is 0 Å². The van der Waals surface area contributed by atoms with Crippen LogP contribution in [0.25, 0.3) is 0 Å². The second-order valence-electron chi connectivity index (χ2n) is 4.87. The lowest BCUT2D eigenvalue weighted by atomic mass is 10.1. The summed E-state index contributed by atoms with van der Waals surface area (Å²) in [6, 6.07) is 3.08. The van der Waals surface area contributed by atoms with Gasteiger partial charge < -0.3 is 4.55 Å². The van der Waals surface area contributed by atoms with Crippen LogP contribution in [0.1, 0.15) is 31.9 Å². The Morgan fingerprint density at radius 2 is 1.79 bits per heavy atom. The summed E-state index contributed by atoms with van der Waals surface area (Å²) in [6.45, 7) is 5.17. The van der Waals surface area contributed by atoms with Crippen molar-refractivity contribution < 1.29 is 17.7 Å². The molecule has 0 bridgehead atoms. The average Bonchev–Trinajstić information content (AvgIpc) is 2.22. The molecule has 1 rings (SSSR count). The molecule has 1 aromatic rings. The van der Waals surface area contributed by atoms with Crippen molar-refractivity contribution in [3.8, 4) is 0 Å². The summed E-state index contributed by atoms with van der Waals surface area (Å²) in [4.78, 5) is 0. The monoisotopic (exact) mass is 311 g/mol. The molecule has 1 atom stereocenters. The highest BCUT2D eigenvalue weighted by Crippen LogP contribution is 2.31. The zero-order chi connectivity index (χ0) is 14.8. The molecule has 0 aliphatic heterocycles. The van der Waals surface area contributed by atoms with E-state index in [0.29, 0.717) is 0 Å². The molecule has 0 aromatic heterocycles. The molecule has 0 amide bonds. The van der Waals surface area contributed by atoms with E-state index >= 15 is 0 Å². The van der Waals surface area contributed by atoms with Crippen LogP contribution in [-0.4, -0.2) is 15.5 Å². The van der Waals surface area contributed by atoms with Crippen molar-refractivity contribution in [1.29, 1.82) is 0 Å². The summed E-state index contributed by atoms with van der Waals surface area (Å²) in [6.07, 6.45) is -3.33. The molecule has 106 valence electrons. The molecule has 0 saturated carbocycles. The van der Waals surface area contributed by atoms with Gasteiger partial charge in [0.25, 0.3) is 0 Å². The second-order valence-corrected chi connectivity index (χ2v) is 7.24. The van der Waals surface area contributed by atoms with Gasteiger partial charge in [-0.2, -0.15) is 13.2 Å². The molecular formula is C12H13ClF3NOS. The van der Waals surface area contributed by atoms with Crippen molar-refractivity contribution in [2.24, 2.45) is 4.40 Å². The van der Waals surface area contributed by atoms with E-state index in [0.717, 1.165) is 18.3 Å². The molecular weight excluding hydrogens is 299 g/mol. The van der Waals surface area contributed by atoms with Gasteiger partial charge in [0, 0.05) is 5.02 Å². The fourth-order valence-electron chi connectivity index (χ4n) is 1.12. The summed E-state index contributed by atoms with van der Waals surface area (Å²) in [7, 11) is 0. The van der Waals surface area contributed by atoms with Crippen molar-refractivity contribution in [1.82, 2.24) is 0 Å². The molecule has 2 nitrogen and oxygen atoms in total. The lowest BCUT2D eigenvalue weighted by Gasteiger charge is -2.17. The Morgan fingerprint density at radius 3 is 2.26 bits per heavy atom. The molecule has 0 aliphatic rings. The average molecular weight is 312 g/mol. The molecule has 0 aliphatic carbocycles. The molecule has 7 heteroatoms. The predicted octanol–water partition coefficient (Wildman–Crippen LogP) is 4.24. The highest BCUT2D eigenvalue weighted by Gasteiger charge is 2.31. The number of benzene rings is 1. The highest BCUT2D eigenvalue weighted by molar-refractivity contribution is 7.91.